The lowest BCUT2D eigenvalue weighted by Crippen LogP contribution is -2.44. The van der Waals surface area contributed by atoms with Crippen LogP contribution in [0.25, 0.3) is 0 Å². The highest BCUT2D eigenvalue weighted by molar-refractivity contribution is 6.27. The van der Waals surface area contributed by atoms with Crippen LogP contribution in [0.15, 0.2) is 0 Å². The Morgan fingerprint density at radius 3 is 2.75 bits per heavy atom. The van der Waals surface area contributed by atoms with Gasteiger partial charge in [-0.3, -0.25) is 9.48 Å². The molecule has 0 saturated carbocycles. The minimum absolute atomic E-state index is 0.0215. The molecular weight excluding hydrogens is 386 g/mol. The van der Waals surface area contributed by atoms with Crippen LogP contribution in [0.3, 0.4) is 0 Å². The van der Waals surface area contributed by atoms with Gasteiger partial charge in [0.25, 0.3) is 0 Å². The van der Waals surface area contributed by atoms with Gasteiger partial charge in [0.05, 0.1) is 11.4 Å². The molecule has 1 amide bonds. The van der Waals surface area contributed by atoms with Gasteiger partial charge in [-0.05, 0) is 55.7 Å². The molecule has 4 rings (SSSR count). The Kier molecular flexibility index (Phi) is 5.12. The van der Waals surface area contributed by atoms with Gasteiger partial charge in [-0.2, -0.15) is 0 Å². The third-order valence-corrected chi connectivity index (χ3v) is 6.44. The van der Waals surface area contributed by atoms with Crippen LogP contribution >= 0.6 is 11.6 Å². The highest BCUT2D eigenvalue weighted by Crippen LogP contribution is 2.34. The number of alkyl halides is 1. The molecule has 0 spiro atoms. The van der Waals surface area contributed by atoms with E-state index in [0.717, 1.165) is 41.8 Å². The van der Waals surface area contributed by atoms with Gasteiger partial charge in [0.15, 0.2) is 11.6 Å². The van der Waals surface area contributed by atoms with E-state index in [0.29, 0.717) is 24.8 Å². The third kappa shape index (κ3) is 3.09. The van der Waals surface area contributed by atoms with Crippen molar-refractivity contribution in [2.24, 2.45) is 7.05 Å². The molecule has 8 heteroatoms. The lowest BCUT2D eigenvalue weighted by Gasteiger charge is -2.34. The number of benzene rings is 1. The quantitative estimate of drug-likeness (QED) is 0.731. The fourth-order valence-electron chi connectivity index (χ4n) is 4.65. The number of hydrogen-bond donors (Lipinski definition) is 0. The van der Waals surface area contributed by atoms with E-state index in [9.17, 15) is 13.6 Å². The standard InChI is InChI=1S/C20H23ClF2N4O/c1-11-13-4-3-5-14(13)19(22)20(23)15(11)10-27(18(28)9-21)12-6-7-17-16(8-12)24-25-26(17)2/h12H,3-10H2,1-2H3. The Morgan fingerprint density at radius 2 is 2.00 bits per heavy atom. The topological polar surface area (TPSA) is 51.0 Å². The summed E-state index contributed by atoms with van der Waals surface area (Å²) >= 11 is 5.85. The molecule has 2 aliphatic carbocycles. The number of aryl methyl sites for hydroxylation is 1. The molecule has 2 aliphatic rings. The van der Waals surface area contributed by atoms with Crippen molar-refractivity contribution in [3.8, 4) is 0 Å². The molecule has 1 aromatic heterocycles. The number of carbonyl (C=O) groups is 1. The van der Waals surface area contributed by atoms with Crippen LogP contribution in [0.5, 0.6) is 0 Å². The summed E-state index contributed by atoms with van der Waals surface area (Å²) in [7, 11) is 1.85. The average Bonchev–Trinajstić information content (AvgIpc) is 3.33. The molecule has 28 heavy (non-hydrogen) atoms. The number of hydrogen-bond acceptors (Lipinski definition) is 3. The number of nitrogens with zero attached hydrogens (tertiary/aromatic N) is 4. The molecule has 0 aliphatic heterocycles. The van der Waals surface area contributed by atoms with E-state index in [4.69, 9.17) is 11.6 Å². The summed E-state index contributed by atoms with van der Waals surface area (Å²) in [6, 6.07) is -0.162. The maximum absolute atomic E-state index is 14.9. The maximum atomic E-state index is 14.9. The number of carbonyl (C=O) groups excluding carboxylic acids is 1. The molecule has 1 atom stereocenters. The Balaban J connectivity index is 1.67. The molecule has 0 saturated heterocycles. The molecule has 5 nitrogen and oxygen atoms in total. The lowest BCUT2D eigenvalue weighted by atomic mass is 9.92. The van der Waals surface area contributed by atoms with E-state index >= 15 is 0 Å². The van der Waals surface area contributed by atoms with Crippen LogP contribution in [-0.4, -0.2) is 37.7 Å². The summed E-state index contributed by atoms with van der Waals surface area (Å²) in [6.45, 7) is 1.85. The summed E-state index contributed by atoms with van der Waals surface area (Å²) in [5.41, 5.74) is 4.32. The van der Waals surface area contributed by atoms with Gasteiger partial charge in [-0.15, -0.1) is 16.7 Å². The number of fused-ring (bicyclic) bond motifs is 2. The zero-order valence-corrected chi connectivity index (χ0v) is 16.8. The molecule has 1 heterocycles. The van der Waals surface area contributed by atoms with Gasteiger partial charge < -0.3 is 4.90 Å². The van der Waals surface area contributed by atoms with Gasteiger partial charge in [0.2, 0.25) is 5.91 Å². The minimum Gasteiger partial charge on any atom is -0.334 e. The van der Waals surface area contributed by atoms with Crippen LogP contribution in [0.1, 0.15) is 46.5 Å². The number of rotatable bonds is 4. The van der Waals surface area contributed by atoms with Gasteiger partial charge >= 0.3 is 0 Å². The second-order valence-corrected chi connectivity index (χ2v) is 7.97. The first-order chi connectivity index (χ1) is 13.4. The molecule has 2 aromatic rings. The van der Waals surface area contributed by atoms with Gasteiger partial charge in [-0.25, -0.2) is 8.78 Å². The van der Waals surface area contributed by atoms with E-state index in [2.05, 4.69) is 10.3 Å². The molecule has 0 N–H and O–H groups in total. The largest absolute Gasteiger partial charge is 0.334 e. The number of halogens is 3. The first-order valence-corrected chi connectivity index (χ1v) is 10.2. The lowest BCUT2D eigenvalue weighted by molar-refractivity contribution is -0.131. The Bertz CT molecular complexity index is 943. The number of amides is 1. The fourth-order valence-corrected chi connectivity index (χ4v) is 4.80. The van der Waals surface area contributed by atoms with Gasteiger partial charge in [-0.1, -0.05) is 5.21 Å². The van der Waals surface area contributed by atoms with Crippen LogP contribution in [0.4, 0.5) is 8.78 Å². The Hall–Kier alpha value is -2.02. The first kappa shape index (κ1) is 19.3. The summed E-state index contributed by atoms with van der Waals surface area (Å²) in [5.74, 6) is -2.07. The zero-order chi connectivity index (χ0) is 20.0. The van der Waals surface area contributed by atoms with Crippen molar-refractivity contribution in [2.45, 2.75) is 58.0 Å². The zero-order valence-electron chi connectivity index (χ0n) is 16.1. The average molecular weight is 409 g/mol. The first-order valence-electron chi connectivity index (χ1n) is 9.63. The van der Waals surface area contributed by atoms with Crippen molar-refractivity contribution < 1.29 is 13.6 Å². The third-order valence-electron chi connectivity index (χ3n) is 6.22. The van der Waals surface area contributed by atoms with Gasteiger partial charge in [0, 0.05) is 31.6 Å². The SMILES string of the molecule is Cc1c(CN(C(=O)CCl)C2CCc3c(nnn3C)C2)c(F)c(F)c2c1CCC2. The molecular formula is C20H23ClF2N4O. The normalized spacial score (nSPS) is 18.1. The Morgan fingerprint density at radius 1 is 1.25 bits per heavy atom. The fraction of sp³-hybridized carbons (Fsp3) is 0.550. The van der Waals surface area contributed by atoms with E-state index in [1.165, 1.54) is 0 Å². The molecule has 1 unspecified atom stereocenters. The van der Waals surface area contributed by atoms with Crippen molar-refractivity contribution in [1.29, 1.82) is 0 Å². The molecule has 0 bridgehead atoms. The predicted octanol–water partition coefficient (Wildman–Crippen LogP) is 3.02. The molecule has 1 aromatic carbocycles. The smallest absolute Gasteiger partial charge is 0.238 e. The van der Waals surface area contributed by atoms with E-state index in [-0.39, 0.29) is 29.9 Å². The highest BCUT2D eigenvalue weighted by atomic mass is 35.5. The highest BCUT2D eigenvalue weighted by Gasteiger charge is 2.33. The van der Waals surface area contributed by atoms with Crippen LogP contribution in [0, 0.1) is 18.6 Å². The molecule has 0 fully saturated rings. The molecule has 150 valence electrons. The molecule has 0 radical (unpaired) electrons. The van der Waals surface area contributed by atoms with Gasteiger partial charge in [0.1, 0.15) is 5.88 Å². The van der Waals surface area contributed by atoms with Crippen molar-refractivity contribution in [2.75, 3.05) is 5.88 Å². The van der Waals surface area contributed by atoms with E-state index in [1.54, 1.807) is 9.58 Å². The summed E-state index contributed by atoms with van der Waals surface area (Å²) in [4.78, 5) is 14.2. The summed E-state index contributed by atoms with van der Waals surface area (Å²) in [5, 5.41) is 8.23. The number of aromatic nitrogens is 3. The van der Waals surface area contributed by atoms with Crippen molar-refractivity contribution >= 4 is 17.5 Å². The van der Waals surface area contributed by atoms with Crippen LogP contribution in [0.2, 0.25) is 0 Å². The monoisotopic (exact) mass is 408 g/mol. The van der Waals surface area contributed by atoms with Crippen LogP contribution < -0.4 is 0 Å². The minimum atomic E-state index is -0.832. The summed E-state index contributed by atoms with van der Waals surface area (Å²) < 4.78 is 31.2. The van der Waals surface area contributed by atoms with Crippen LogP contribution in [-0.2, 0) is 44.1 Å². The predicted molar refractivity (Wildman–Crippen MR) is 101 cm³/mol. The Labute approximate surface area is 167 Å². The second-order valence-electron chi connectivity index (χ2n) is 7.70. The summed E-state index contributed by atoms with van der Waals surface area (Å²) in [6.07, 6.45) is 4.14. The second kappa shape index (κ2) is 7.43. The van der Waals surface area contributed by atoms with Crippen molar-refractivity contribution in [3.05, 3.63) is 45.3 Å². The van der Waals surface area contributed by atoms with E-state index in [1.807, 2.05) is 14.0 Å². The van der Waals surface area contributed by atoms with E-state index < -0.39 is 11.6 Å². The van der Waals surface area contributed by atoms with Crippen molar-refractivity contribution in [3.63, 3.8) is 0 Å². The maximum Gasteiger partial charge on any atom is 0.238 e. The van der Waals surface area contributed by atoms with Crippen molar-refractivity contribution in [1.82, 2.24) is 19.9 Å².